The summed E-state index contributed by atoms with van der Waals surface area (Å²) in [5.41, 5.74) is 4.98. The van der Waals surface area contributed by atoms with Crippen LogP contribution in [0.3, 0.4) is 0 Å². The van der Waals surface area contributed by atoms with E-state index in [1.807, 2.05) is 37.4 Å². The molecular weight excluding hydrogens is 392 g/mol. The molecule has 7 nitrogen and oxygen atoms in total. The van der Waals surface area contributed by atoms with E-state index >= 15 is 0 Å². The molecule has 0 amide bonds. The Balaban J connectivity index is 0.000000537. The molecule has 0 radical (unpaired) electrons. The summed E-state index contributed by atoms with van der Waals surface area (Å²) >= 11 is 0. The van der Waals surface area contributed by atoms with Gasteiger partial charge in [0.25, 0.3) is 0 Å². The third-order valence-corrected chi connectivity index (χ3v) is 4.60. The van der Waals surface area contributed by atoms with Gasteiger partial charge >= 0.3 is 0 Å². The van der Waals surface area contributed by atoms with Crippen LogP contribution >= 0.6 is 0 Å². The first kappa shape index (κ1) is 22.6. The summed E-state index contributed by atoms with van der Waals surface area (Å²) in [5, 5.41) is 3.34. The number of hydrogen-bond donors (Lipinski definition) is 2. The van der Waals surface area contributed by atoms with E-state index in [1.54, 1.807) is 0 Å². The Labute approximate surface area is 171 Å². The van der Waals surface area contributed by atoms with Gasteiger partial charge in [-0.3, -0.25) is 4.55 Å². The number of benzene rings is 2. The van der Waals surface area contributed by atoms with Crippen molar-refractivity contribution in [3.05, 3.63) is 66.4 Å². The molecule has 2 N–H and O–H groups in total. The summed E-state index contributed by atoms with van der Waals surface area (Å²) in [5.74, 6) is 0.897. The first-order chi connectivity index (χ1) is 13.5. The predicted octanol–water partition coefficient (Wildman–Crippen LogP) is 3.72. The van der Waals surface area contributed by atoms with E-state index in [0.29, 0.717) is 6.61 Å². The number of nitrogens with one attached hydrogen (secondary N) is 1. The zero-order chi connectivity index (χ0) is 21.7. The second-order valence-electron chi connectivity index (χ2n) is 6.95. The molecule has 0 bridgehead atoms. The fourth-order valence-electron chi connectivity index (χ4n) is 3.33. The van der Waals surface area contributed by atoms with Crippen molar-refractivity contribution in [2.75, 3.05) is 19.0 Å². The topological polar surface area (TPSA) is 102 Å². The van der Waals surface area contributed by atoms with Crippen LogP contribution in [-0.2, 0) is 15.8 Å². The van der Waals surface area contributed by atoms with E-state index in [0.717, 1.165) is 11.4 Å². The molecule has 2 aromatic rings. The number of hydrogen-bond acceptors (Lipinski definition) is 5. The Morgan fingerprint density at radius 1 is 1.17 bits per heavy atom. The van der Waals surface area contributed by atoms with Crippen LogP contribution in [0.1, 0.15) is 26.3 Å². The molecule has 1 heterocycles. The second-order valence-corrected chi connectivity index (χ2v) is 7.80. The number of nitrogens with zero attached hydrogens (tertiary/aromatic N) is 1. The van der Waals surface area contributed by atoms with Crippen LogP contribution in [0, 0.1) is 0 Å². The van der Waals surface area contributed by atoms with E-state index in [9.17, 15) is 0 Å². The summed E-state index contributed by atoms with van der Waals surface area (Å²) in [6.07, 6.45) is 4.17. The molecule has 0 spiro atoms. The Morgan fingerprint density at radius 3 is 2.31 bits per heavy atom. The van der Waals surface area contributed by atoms with Crippen LogP contribution in [-0.4, -0.2) is 41.5 Å². The molecule has 2 aromatic carbocycles. The van der Waals surface area contributed by atoms with Crippen molar-refractivity contribution in [3.8, 4) is 5.75 Å². The summed E-state index contributed by atoms with van der Waals surface area (Å²) in [7, 11) is -2.79. The number of ether oxygens (including phenoxy) is 1. The van der Waals surface area contributed by atoms with Gasteiger partial charge in [0.1, 0.15) is 12.8 Å². The van der Waals surface area contributed by atoms with Gasteiger partial charge in [-0.1, -0.05) is 18.2 Å². The molecule has 29 heavy (non-hydrogen) atoms. The Morgan fingerprint density at radius 2 is 1.76 bits per heavy atom. The molecule has 1 aliphatic heterocycles. The van der Waals surface area contributed by atoms with Gasteiger partial charge < -0.3 is 14.6 Å². The highest BCUT2D eigenvalue weighted by atomic mass is 32.3. The lowest BCUT2D eigenvalue weighted by Gasteiger charge is -2.15. The molecule has 0 atom stereocenters. The molecule has 3 rings (SSSR count). The maximum Gasteiger partial charge on any atom is 0.215 e. The molecule has 156 valence electrons. The van der Waals surface area contributed by atoms with Crippen LogP contribution in [0.4, 0.5) is 11.4 Å². The number of fused-ring (bicyclic) bond motifs is 1. The minimum Gasteiger partial charge on any atom is -0.726 e. The van der Waals surface area contributed by atoms with E-state index in [-0.39, 0.29) is 5.41 Å². The van der Waals surface area contributed by atoms with Gasteiger partial charge in [-0.15, -0.1) is 0 Å². The normalized spacial score (nSPS) is 15.0. The molecule has 0 fully saturated rings. The van der Waals surface area contributed by atoms with Crippen molar-refractivity contribution in [2.45, 2.75) is 26.2 Å². The monoisotopic (exact) mass is 418 g/mol. The zero-order valence-electron chi connectivity index (χ0n) is 16.9. The van der Waals surface area contributed by atoms with Gasteiger partial charge in [0.05, 0.1) is 12.0 Å². The number of para-hydroxylation sites is 1. The molecule has 0 saturated heterocycles. The summed E-state index contributed by atoms with van der Waals surface area (Å²) in [6.45, 7) is 7.22. The number of allylic oxidation sites excluding steroid dienone is 1. The molecule has 1 aliphatic rings. The van der Waals surface area contributed by atoms with Crippen LogP contribution < -0.4 is 10.1 Å². The molecule has 0 unspecified atom stereocenters. The fourth-order valence-corrected chi connectivity index (χ4v) is 3.33. The Hall–Kier alpha value is -2.68. The Bertz CT molecular complexity index is 1000. The standard InChI is InChI=1S/C21H24N2O.H2O4S/c1-5-24-17-12-10-16(11-13-17)22-15-14-20-21(2,3)18-8-6-7-9-19(18)23(20)4;1-5(2,3)4/h6-15H,5H2,1-4H3;(H2,1,2,3,4). The molecule has 0 saturated carbocycles. The van der Waals surface area contributed by atoms with E-state index < -0.39 is 10.4 Å². The van der Waals surface area contributed by atoms with Crippen molar-refractivity contribution in [1.82, 2.24) is 0 Å². The van der Waals surface area contributed by atoms with Crippen molar-refractivity contribution in [1.29, 1.82) is 0 Å². The first-order valence-corrected chi connectivity index (χ1v) is 10.5. The second kappa shape index (κ2) is 9.21. The first-order valence-electron chi connectivity index (χ1n) is 9.09. The fraction of sp³-hybridized carbons (Fsp3) is 0.286. The van der Waals surface area contributed by atoms with Crippen LogP contribution in [0.15, 0.2) is 60.8 Å². The molecular formula is C21H26N2O5S. The lowest BCUT2D eigenvalue weighted by atomic mass is 9.81. The maximum absolute atomic E-state index is 8.63. The quantitative estimate of drug-likeness (QED) is 0.436. The van der Waals surface area contributed by atoms with Crippen molar-refractivity contribution < 1.29 is 26.8 Å². The van der Waals surface area contributed by atoms with Crippen LogP contribution in [0.2, 0.25) is 0 Å². The number of anilines is 1. The van der Waals surface area contributed by atoms with E-state index in [2.05, 4.69) is 61.1 Å². The van der Waals surface area contributed by atoms with Crippen molar-refractivity contribution in [2.24, 2.45) is 0 Å². The van der Waals surface area contributed by atoms with Crippen molar-refractivity contribution in [3.63, 3.8) is 0 Å². The molecule has 0 aliphatic carbocycles. The summed E-state index contributed by atoms with van der Waals surface area (Å²) in [6, 6.07) is 16.6. The zero-order valence-corrected chi connectivity index (χ0v) is 17.7. The van der Waals surface area contributed by atoms with E-state index in [4.69, 9.17) is 22.3 Å². The average Bonchev–Trinajstić information content (AvgIpc) is 2.83. The van der Waals surface area contributed by atoms with Gasteiger partial charge in [-0.05, 0) is 45.0 Å². The lowest BCUT2D eigenvalue weighted by molar-refractivity contribution is -0.401. The minimum absolute atomic E-state index is 0.00233. The van der Waals surface area contributed by atoms with Crippen LogP contribution in [0.5, 0.6) is 5.75 Å². The van der Waals surface area contributed by atoms with E-state index in [1.165, 1.54) is 17.0 Å². The van der Waals surface area contributed by atoms with Crippen LogP contribution in [0.25, 0.3) is 0 Å². The third-order valence-electron chi connectivity index (χ3n) is 4.60. The average molecular weight is 419 g/mol. The number of rotatable bonds is 5. The molecule has 0 aromatic heterocycles. The minimum atomic E-state index is -4.92. The highest BCUT2D eigenvalue weighted by Crippen LogP contribution is 2.38. The van der Waals surface area contributed by atoms with Gasteiger partial charge in [0.15, 0.2) is 5.71 Å². The smallest absolute Gasteiger partial charge is 0.215 e. The molecule has 8 heteroatoms. The highest BCUT2D eigenvalue weighted by molar-refractivity contribution is 7.79. The van der Waals surface area contributed by atoms with Gasteiger partial charge in [0.2, 0.25) is 16.1 Å². The largest absolute Gasteiger partial charge is 0.726 e. The summed E-state index contributed by atoms with van der Waals surface area (Å²) in [4.78, 5) is 0. The maximum atomic E-state index is 8.63. The summed E-state index contributed by atoms with van der Waals surface area (Å²) < 4.78 is 40.6. The SMILES string of the molecule is CCOc1ccc(NC=CC2=[N+](C)c3ccccc3C2(C)C)cc1.O=S(=O)([O-])O. The lowest BCUT2D eigenvalue weighted by Crippen LogP contribution is -2.26. The Kier molecular flexibility index (Phi) is 7.18. The van der Waals surface area contributed by atoms with Gasteiger partial charge in [-0.2, -0.15) is 4.58 Å². The van der Waals surface area contributed by atoms with Gasteiger partial charge in [0, 0.05) is 29.6 Å². The van der Waals surface area contributed by atoms with Crippen molar-refractivity contribution >= 4 is 27.5 Å². The van der Waals surface area contributed by atoms with Gasteiger partial charge in [-0.25, -0.2) is 8.42 Å². The highest BCUT2D eigenvalue weighted by Gasteiger charge is 2.42. The predicted molar refractivity (Wildman–Crippen MR) is 113 cm³/mol. The third kappa shape index (κ3) is 6.15.